The van der Waals surface area contributed by atoms with Crippen LogP contribution in [-0.4, -0.2) is 17.6 Å². The third kappa shape index (κ3) is 2.68. The van der Waals surface area contributed by atoms with Crippen molar-refractivity contribution < 1.29 is 4.74 Å². The molecule has 0 spiro atoms. The van der Waals surface area contributed by atoms with Crippen molar-refractivity contribution in [2.75, 3.05) is 6.54 Å². The Morgan fingerprint density at radius 2 is 2.15 bits per heavy atom. The summed E-state index contributed by atoms with van der Waals surface area (Å²) in [4.78, 5) is 4.49. The standard InChI is InChI=1S/C17H20N2O/c1-12(2)20-14-7-6-13-8-10-19-17(15(13)11-14)16-5-3-4-9-18-16/h3-7,9,11-12,17,19H,8,10H2,1-2H3. The van der Waals surface area contributed by atoms with Crippen LogP contribution < -0.4 is 10.1 Å². The van der Waals surface area contributed by atoms with Crippen LogP contribution in [0.25, 0.3) is 0 Å². The van der Waals surface area contributed by atoms with Gasteiger partial charge in [0.15, 0.2) is 0 Å². The molecule has 104 valence electrons. The summed E-state index contributed by atoms with van der Waals surface area (Å²) in [6, 6.07) is 12.6. The van der Waals surface area contributed by atoms with Crippen LogP contribution in [0.1, 0.15) is 36.7 Å². The quantitative estimate of drug-likeness (QED) is 0.928. The Morgan fingerprint density at radius 1 is 1.25 bits per heavy atom. The lowest BCUT2D eigenvalue weighted by molar-refractivity contribution is 0.242. The first kappa shape index (κ1) is 13.1. The Hall–Kier alpha value is -1.87. The van der Waals surface area contributed by atoms with Gasteiger partial charge in [-0.15, -0.1) is 0 Å². The van der Waals surface area contributed by atoms with Crippen molar-refractivity contribution in [1.82, 2.24) is 10.3 Å². The number of hydrogen-bond acceptors (Lipinski definition) is 3. The van der Waals surface area contributed by atoms with Crippen LogP contribution in [0.4, 0.5) is 0 Å². The van der Waals surface area contributed by atoms with E-state index in [0.717, 1.165) is 24.4 Å². The summed E-state index contributed by atoms with van der Waals surface area (Å²) in [5.74, 6) is 0.934. The van der Waals surface area contributed by atoms with E-state index >= 15 is 0 Å². The number of nitrogens with one attached hydrogen (secondary N) is 1. The highest BCUT2D eigenvalue weighted by molar-refractivity contribution is 5.42. The topological polar surface area (TPSA) is 34.1 Å². The molecule has 1 aromatic heterocycles. The minimum atomic E-state index is 0.163. The van der Waals surface area contributed by atoms with Gasteiger partial charge in [0.25, 0.3) is 0 Å². The molecule has 1 aliphatic heterocycles. The predicted molar refractivity (Wildman–Crippen MR) is 80.0 cm³/mol. The maximum atomic E-state index is 5.82. The fourth-order valence-corrected chi connectivity index (χ4v) is 2.69. The molecule has 0 fully saturated rings. The van der Waals surface area contributed by atoms with E-state index in [4.69, 9.17) is 4.74 Å². The molecule has 0 saturated heterocycles. The van der Waals surface area contributed by atoms with Gasteiger partial charge >= 0.3 is 0 Å². The van der Waals surface area contributed by atoms with E-state index in [1.54, 1.807) is 0 Å². The Labute approximate surface area is 120 Å². The molecular weight excluding hydrogens is 248 g/mol. The summed E-state index contributed by atoms with van der Waals surface area (Å²) in [7, 11) is 0. The Bertz CT molecular complexity index is 581. The van der Waals surface area contributed by atoms with Crippen LogP contribution >= 0.6 is 0 Å². The van der Waals surface area contributed by atoms with Gasteiger partial charge in [-0.05, 0) is 55.7 Å². The monoisotopic (exact) mass is 268 g/mol. The second-order valence-electron chi connectivity index (χ2n) is 5.42. The van der Waals surface area contributed by atoms with E-state index < -0.39 is 0 Å². The highest BCUT2D eigenvalue weighted by atomic mass is 16.5. The Kier molecular flexibility index (Phi) is 3.70. The van der Waals surface area contributed by atoms with E-state index in [1.165, 1.54) is 11.1 Å². The van der Waals surface area contributed by atoms with Crippen molar-refractivity contribution in [3.63, 3.8) is 0 Å². The van der Waals surface area contributed by atoms with Crippen molar-refractivity contribution in [2.45, 2.75) is 32.4 Å². The SMILES string of the molecule is CC(C)Oc1ccc2c(c1)C(c1ccccn1)NCC2. The molecule has 3 heteroatoms. The fourth-order valence-electron chi connectivity index (χ4n) is 2.69. The van der Waals surface area contributed by atoms with Gasteiger partial charge in [0.2, 0.25) is 0 Å². The smallest absolute Gasteiger partial charge is 0.120 e. The van der Waals surface area contributed by atoms with E-state index in [9.17, 15) is 0 Å². The predicted octanol–water partition coefficient (Wildman–Crippen LogP) is 3.10. The van der Waals surface area contributed by atoms with Gasteiger partial charge in [-0.25, -0.2) is 0 Å². The minimum absolute atomic E-state index is 0.163. The highest BCUT2D eigenvalue weighted by Crippen LogP contribution is 2.30. The molecule has 0 aliphatic carbocycles. The molecule has 1 aliphatic rings. The molecule has 3 rings (SSSR count). The average molecular weight is 268 g/mol. The molecule has 20 heavy (non-hydrogen) atoms. The van der Waals surface area contributed by atoms with Crippen molar-refractivity contribution in [1.29, 1.82) is 0 Å². The summed E-state index contributed by atoms with van der Waals surface area (Å²) in [5.41, 5.74) is 3.73. The lowest BCUT2D eigenvalue weighted by Crippen LogP contribution is -2.31. The fraction of sp³-hybridized carbons (Fsp3) is 0.353. The van der Waals surface area contributed by atoms with Crippen LogP contribution in [0.15, 0.2) is 42.6 Å². The summed E-state index contributed by atoms with van der Waals surface area (Å²) in [5, 5.41) is 3.55. The van der Waals surface area contributed by atoms with Gasteiger partial charge in [0.1, 0.15) is 5.75 Å². The summed E-state index contributed by atoms with van der Waals surface area (Å²) >= 11 is 0. The Balaban J connectivity index is 1.98. The van der Waals surface area contributed by atoms with Gasteiger partial charge in [-0.1, -0.05) is 12.1 Å². The van der Waals surface area contributed by atoms with Gasteiger partial charge in [-0.3, -0.25) is 4.98 Å². The first-order chi connectivity index (χ1) is 9.74. The summed E-state index contributed by atoms with van der Waals surface area (Å²) in [6.07, 6.45) is 3.10. The molecule has 0 saturated carbocycles. The third-order valence-corrected chi connectivity index (χ3v) is 3.53. The highest BCUT2D eigenvalue weighted by Gasteiger charge is 2.22. The van der Waals surface area contributed by atoms with Gasteiger partial charge in [-0.2, -0.15) is 0 Å². The van der Waals surface area contributed by atoms with E-state index in [0.29, 0.717) is 0 Å². The Morgan fingerprint density at radius 3 is 2.90 bits per heavy atom. The van der Waals surface area contributed by atoms with E-state index in [1.807, 2.05) is 32.2 Å². The number of hydrogen-bond donors (Lipinski definition) is 1. The second kappa shape index (κ2) is 5.63. The van der Waals surface area contributed by atoms with Crippen LogP contribution in [0.3, 0.4) is 0 Å². The number of aromatic nitrogens is 1. The molecule has 1 unspecified atom stereocenters. The van der Waals surface area contributed by atoms with Gasteiger partial charge < -0.3 is 10.1 Å². The number of rotatable bonds is 3. The first-order valence-corrected chi connectivity index (χ1v) is 7.18. The molecule has 0 amide bonds. The summed E-state index contributed by atoms with van der Waals surface area (Å²) in [6.45, 7) is 5.08. The van der Waals surface area contributed by atoms with Crippen molar-refractivity contribution >= 4 is 0 Å². The lowest BCUT2D eigenvalue weighted by Gasteiger charge is -2.27. The molecule has 2 aromatic rings. The number of pyridine rings is 1. The minimum Gasteiger partial charge on any atom is -0.491 e. The molecule has 2 heterocycles. The van der Waals surface area contributed by atoms with Crippen LogP contribution in [0.5, 0.6) is 5.75 Å². The zero-order valence-corrected chi connectivity index (χ0v) is 12.0. The van der Waals surface area contributed by atoms with Crippen molar-refractivity contribution in [3.05, 3.63) is 59.4 Å². The maximum Gasteiger partial charge on any atom is 0.120 e. The number of ether oxygens (including phenoxy) is 1. The molecule has 3 nitrogen and oxygen atoms in total. The number of nitrogens with zero attached hydrogens (tertiary/aromatic N) is 1. The zero-order chi connectivity index (χ0) is 13.9. The molecule has 1 atom stereocenters. The second-order valence-corrected chi connectivity index (χ2v) is 5.42. The van der Waals surface area contributed by atoms with E-state index in [-0.39, 0.29) is 12.1 Å². The molecule has 0 radical (unpaired) electrons. The molecule has 0 bridgehead atoms. The third-order valence-electron chi connectivity index (χ3n) is 3.53. The molecular formula is C17H20N2O. The zero-order valence-electron chi connectivity index (χ0n) is 12.0. The summed E-state index contributed by atoms with van der Waals surface area (Å²) < 4.78 is 5.82. The largest absolute Gasteiger partial charge is 0.491 e. The van der Waals surface area contributed by atoms with Crippen molar-refractivity contribution in [2.24, 2.45) is 0 Å². The molecule has 1 N–H and O–H groups in total. The van der Waals surface area contributed by atoms with Crippen LogP contribution in [0.2, 0.25) is 0 Å². The van der Waals surface area contributed by atoms with Gasteiger partial charge in [0, 0.05) is 12.7 Å². The number of benzene rings is 1. The number of fused-ring (bicyclic) bond motifs is 1. The van der Waals surface area contributed by atoms with Crippen LogP contribution in [0, 0.1) is 0 Å². The van der Waals surface area contributed by atoms with Crippen molar-refractivity contribution in [3.8, 4) is 5.75 Å². The molecule has 1 aromatic carbocycles. The average Bonchev–Trinajstić information content (AvgIpc) is 2.47. The van der Waals surface area contributed by atoms with Crippen LogP contribution in [-0.2, 0) is 6.42 Å². The lowest BCUT2D eigenvalue weighted by atomic mass is 9.92. The normalized spacial score (nSPS) is 17.9. The van der Waals surface area contributed by atoms with E-state index in [2.05, 4.69) is 34.6 Å². The van der Waals surface area contributed by atoms with Gasteiger partial charge in [0.05, 0.1) is 17.8 Å². The first-order valence-electron chi connectivity index (χ1n) is 7.18. The maximum absolute atomic E-state index is 5.82.